The Morgan fingerprint density at radius 3 is 2.60 bits per heavy atom. The molecule has 4 heteroatoms. The summed E-state index contributed by atoms with van der Waals surface area (Å²) in [6.07, 6.45) is 3.25. The fraction of sp³-hybridized carbons (Fsp3) is 0.688. The van der Waals surface area contributed by atoms with Crippen LogP contribution in [0.5, 0.6) is 0 Å². The second kappa shape index (κ2) is 7.04. The van der Waals surface area contributed by atoms with Crippen LogP contribution in [0.1, 0.15) is 31.5 Å². The van der Waals surface area contributed by atoms with Crippen molar-refractivity contribution in [1.82, 2.24) is 15.2 Å². The van der Waals surface area contributed by atoms with Crippen molar-refractivity contribution in [3.8, 4) is 0 Å². The largest absolute Gasteiger partial charge is 0.369 e. The Kier molecular flexibility index (Phi) is 5.38. The highest BCUT2D eigenvalue weighted by molar-refractivity contribution is 5.54. The molecular weight excluding hydrogens is 248 g/mol. The third-order valence-electron chi connectivity index (χ3n) is 4.33. The first-order chi connectivity index (χ1) is 9.65. The van der Waals surface area contributed by atoms with Crippen LogP contribution >= 0.6 is 0 Å². The summed E-state index contributed by atoms with van der Waals surface area (Å²) in [5, 5.41) is 3.24. The van der Waals surface area contributed by atoms with Crippen LogP contribution < -0.4 is 10.2 Å². The van der Waals surface area contributed by atoms with Gasteiger partial charge < -0.3 is 10.2 Å². The molecule has 0 bridgehead atoms. The highest BCUT2D eigenvalue weighted by atomic mass is 15.3. The smallest absolute Gasteiger partial charge is 0.0446 e. The number of hydrogen-bond donors (Lipinski definition) is 1. The van der Waals surface area contributed by atoms with Gasteiger partial charge >= 0.3 is 0 Å². The molecule has 1 unspecified atom stereocenters. The SMILES string of the molecule is CCC(C)N1CCN(c2cc(C)ncc2CNC)CC1. The molecule has 0 radical (unpaired) electrons. The third kappa shape index (κ3) is 3.49. The molecule has 1 fully saturated rings. The van der Waals surface area contributed by atoms with E-state index < -0.39 is 0 Å². The minimum Gasteiger partial charge on any atom is -0.369 e. The molecule has 2 rings (SSSR count). The van der Waals surface area contributed by atoms with Crippen molar-refractivity contribution in [3.63, 3.8) is 0 Å². The van der Waals surface area contributed by atoms with Gasteiger partial charge in [0.2, 0.25) is 0 Å². The number of pyridine rings is 1. The Balaban J connectivity index is 2.08. The summed E-state index contributed by atoms with van der Waals surface area (Å²) in [6, 6.07) is 2.93. The van der Waals surface area contributed by atoms with Crippen molar-refractivity contribution in [1.29, 1.82) is 0 Å². The molecule has 0 aromatic carbocycles. The zero-order chi connectivity index (χ0) is 14.5. The highest BCUT2D eigenvalue weighted by Gasteiger charge is 2.21. The number of anilines is 1. The zero-order valence-corrected chi connectivity index (χ0v) is 13.3. The van der Waals surface area contributed by atoms with Gasteiger partial charge in [-0.25, -0.2) is 0 Å². The van der Waals surface area contributed by atoms with E-state index in [4.69, 9.17) is 0 Å². The molecule has 4 nitrogen and oxygen atoms in total. The van der Waals surface area contributed by atoms with E-state index in [0.717, 1.165) is 38.4 Å². The van der Waals surface area contributed by atoms with E-state index in [-0.39, 0.29) is 0 Å². The Labute approximate surface area is 123 Å². The maximum absolute atomic E-state index is 4.43. The van der Waals surface area contributed by atoms with E-state index in [0.29, 0.717) is 6.04 Å². The summed E-state index contributed by atoms with van der Waals surface area (Å²) in [5.74, 6) is 0. The monoisotopic (exact) mass is 276 g/mol. The minimum absolute atomic E-state index is 0.702. The lowest BCUT2D eigenvalue weighted by molar-refractivity contribution is 0.192. The van der Waals surface area contributed by atoms with E-state index in [9.17, 15) is 0 Å². The number of rotatable bonds is 5. The van der Waals surface area contributed by atoms with E-state index in [1.807, 2.05) is 13.2 Å². The molecule has 20 heavy (non-hydrogen) atoms. The Morgan fingerprint density at radius 1 is 1.30 bits per heavy atom. The second-order valence-corrected chi connectivity index (χ2v) is 5.77. The van der Waals surface area contributed by atoms with Gasteiger partial charge in [-0.2, -0.15) is 0 Å². The molecule has 0 aliphatic carbocycles. The Hall–Kier alpha value is -1.13. The fourth-order valence-corrected chi connectivity index (χ4v) is 2.86. The number of aryl methyl sites for hydroxylation is 1. The van der Waals surface area contributed by atoms with Gasteiger partial charge in [0.1, 0.15) is 0 Å². The first-order valence-corrected chi connectivity index (χ1v) is 7.74. The van der Waals surface area contributed by atoms with Gasteiger partial charge in [-0.1, -0.05) is 6.92 Å². The minimum atomic E-state index is 0.702. The Bertz CT molecular complexity index is 424. The molecule has 0 saturated carbocycles. The van der Waals surface area contributed by atoms with Crippen molar-refractivity contribution in [2.45, 2.75) is 39.8 Å². The predicted molar refractivity (Wildman–Crippen MR) is 85.3 cm³/mol. The number of hydrogen-bond acceptors (Lipinski definition) is 4. The maximum atomic E-state index is 4.43. The summed E-state index contributed by atoms with van der Waals surface area (Å²) < 4.78 is 0. The molecule has 1 aromatic rings. The third-order valence-corrected chi connectivity index (χ3v) is 4.33. The van der Waals surface area contributed by atoms with Crippen LogP contribution in [-0.4, -0.2) is 49.2 Å². The van der Waals surface area contributed by atoms with E-state index in [1.54, 1.807) is 0 Å². The summed E-state index contributed by atoms with van der Waals surface area (Å²) in [5.41, 5.74) is 3.76. The zero-order valence-electron chi connectivity index (χ0n) is 13.3. The summed E-state index contributed by atoms with van der Waals surface area (Å²) in [6.45, 7) is 12.1. The predicted octanol–water partition coefficient (Wildman–Crippen LogP) is 2.03. The number of piperazine rings is 1. The van der Waals surface area contributed by atoms with Crippen LogP contribution in [0.25, 0.3) is 0 Å². The molecule has 1 N–H and O–H groups in total. The van der Waals surface area contributed by atoms with E-state index in [1.165, 1.54) is 17.7 Å². The molecule has 0 spiro atoms. The van der Waals surface area contributed by atoms with Gasteiger partial charge in [-0.15, -0.1) is 0 Å². The lowest BCUT2D eigenvalue weighted by Gasteiger charge is -2.39. The van der Waals surface area contributed by atoms with Crippen LogP contribution in [-0.2, 0) is 6.54 Å². The first-order valence-electron chi connectivity index (χ1n) is 7.74. The topological polar surface area (TPSA) is 31.4 Å². The highest BCUT2D eigenvalue weighted by Crippen LogP contribution is 2.23. The van der Waals surface area contributed by atoms with Crippen LogP contribution in [0.15, 0.2) is 12.3 Å². The molecule has 0 amide bonds. The lowest BCUT2D eigenvalue weighted by Crippen LogP contribution is -2.49. The van der Waals surface area contributed by atoms with Gasteiger partial charge in [0.05, 0.1) is 0 Å². The standard InChI is InChI=1S/C16H28N4/c1-5-14(3)19-6-8-20(9-7-19)16-10-13(2)18-12-15(16)11-17-4/h10,12,14,17H,5-9,11H2,1-4H3. The van der Waals surface area contributed by atoms with Crippen molar-refractivity contribution < 1.29 is 0 Å². The first kappa shape index (κ1) is 15.3. The second-order valence-electron chi connectivity index (χ2n) is 5.77. The fourth-order valence-electron chi connectivity index (χ4n) is 2.86. The molecule has 1 aliphatic rings. The number of aromatic nitrogens is 1. The summed E-state index contributed by atoms with van der Waals surface area (Å²) in [7, 11) is 1.99. The number of nitrogens with zero attached hydrogens (tertiary/aromatic N) is 3. The van der Waals surface area contributed by atoms with Crippen LogP contribution in [0.4, 0.5) is 5.69 Å². The average molecular weight is 276 g/mol. The lowest BCUT2D eigenvalue weighted by atomic mass is 10.1. The molecule has 1 aromatic heterocycles. The van der Waals surface area contributed by atoms with Crippen LogP contribution in [0.2, 0.25) is 0 Å². The van der Waals surface area contributed by atoms with Gasteiger partial charge in [-0.05, 0) is 33.4 Å². The van der Waals surface area contributed by atoms with Crippen molar-refractivity contribution in [3.05, 3.63) is 23.5 Å². The van der Waals surface area contributed by atoms with Gasteiger partial charge in [0, 0.05) is 61.9 Å². The van der Waals surface area contributed by atoms with Crippen LogP contribution in [0.3, 0.4) is 0 Å². The summed E-state index contributed by atoms with van der Waals surface area (Å²) in [4.78, 5) is 9.55. The molecular formula is C16H28N4. The summed E-state index contributed by atoms with van der Waals surface area (Å²) >= 11 is 0. The maximum Gasteiger partial charge on any atom is 0.0446 e. The van der Waals surface area contributed by atoms with Crippen molar-refractivity contribution in [2.75, 3.05) is 38.1 Å². The van der Waals surface area contributed by atoms with Crippen LogP contribution in [0, 0.1) is 6.92 Å². The molecule has 1 atom stereocenters. The van der Waals surface area contributed by atoms with Crippen molar-refractivity contribution >= 4 is 5.69 Å². The van der Waals surface area contributed by atoms with Gasteiger partial charge in [0.15, 0.2) is 0 Å². The Morgan fingerprint density at radius 2 is 2.00 bits per heavy atom. The molecule has 1 aliphatic heterocycles. The normalized spacial score (nSPS) is 18.3. The van der Waals surface area contributed by atoms with Crippen molar-refractivity contribution in [2.24, 2.45) is 0 Å². The molecule has 2 heterocycles. The number of nitrogens with one attached hydrogen (secondary N) is 1. The molecule has 112 valence electrons. The van der Waals surface area contributed by atoms with Gasteiger partial charge in [-0.3, -0.25) is 9.88 Å². The van der Waals surface area contributed by atoms with Gasteiger partial charge in [0.25, 0.3) is 0 Å². The average Bonchev–Trinajstić information content (AvgIpc) is 2.48. The van der Waals surface area contributed by atoms with E-state index >= 15 is 0 Å². The quantitative estimate of drug-likeness (QED) is 0.891. The van der Waals surface area contributed by atoms with E-state index in [2.05, 4.69) is 46.9 Å². The molecule has 1 saturated heterocycles.